The second kappa shape index (κ2) is 14.0. The zero-order valence-electron chi connectivity index (χ0n) is 16.9. The first-order chi connectivity index (χ1) is 13.4. The van der Waals surface area contributed by atoms with Crippen molar-refractivity contribution in [3.8, 4) is 5.75 Å². The highest BCUT2D eigenvalue weighted by molar-refractivity contribution is 5.69. The summed E-state index contributed by atoms with van der Waals surface area (Å²) >= 11 is 0. The lowest BCUT2D eigenvalue weighted by Crippen LogP contribution is -1.97. The summed E-state index contributed by atoms with van der Waals surface area (Å²) < 4.78 is 5.93. The van der Waals surface area contributed by atoms with E-state index in [1.165, 1.54) is 57.8 Å². The molecule has 1 aromatic carbocycles. The Hall–Kier alpha value is -2.09. The van der Waals surface area contributed by atoms with Gasteiger partial charge >= 0.3 is 0 Å². The summed E-state index contributed by atoms with van der Waals surface area (Å²) in [6.07, 6.45) is 21.4. The standard InChI is InChI=1S/C25H35NO/c1-2-3-4-5-6-7-8-9-10-11-21-27-25-14-12-13-24(22-25)16-15-23-17-19-26-20-18-23/h12-20,22H,2-11,21H2,1H3/b16-15+. The Labute approximate surface area is 165 Å². The number of benzene rings is 1. The van der Waals surface area contributed by atoms with Gasteiger partial charge in [-0.2, -0.15) is 0 Å². The van der Waals surface area contributed by atoms with Crippen LogP contribution in [0.2, 0.25) is 0 Å². The van der Waals surface area contributed by atoms with E-state index in [9.17, 15) is 0 Å². The average Bonchev–Trinajstić information content (AvgIpc) is 2.71. The fraction of sp³-hybridized carbons (Fsp3) is 0.480. The molecule has 0 fully saturated rings. The van der Waals surface area contributed by atoms with E-state index in [1.54, 1.807) is 0 Å². The summed E-state index contributed by atoms with van der Waals surface area (Å²) in [5, 5.41) is 0. The number of ether oxygens (including phenoxy) is 1. The Morgan fingerprint density at radius 1 is 0.741 bits per heavy atom. The van der Waals surface area contributed by atoms with Crippen LogP contribution < -0.4 is 4.74 Å². The highest BCUT2D eigenvalue weighted by atomic mass is 16.5. The molecule has 0 aliphatic rings. The van der Waals surface area contributed by atoms with Crippen LogP contribution in [0.1, 0.15) is 82.3 Å². The lowest BCUT2D eigenvalue weighted by atomic mass is 10.1. The maximum absolute atomic E-state index is 5.93. The van der Waals surface area contributed by atoms with E-state index in [0.29, 0.717) is 0 Å². The minimum absolute atomic E-state index is 0.814. The fourth-order valence-electron chi connectivity index (χ4n) is 3.15. The van der Waals surface area contributed by atoms with E-state index in [0.717, 1.165) is 29.9 Å². The lowest BCUT2D eigenvalue weighted by Gasteiger charge is -2.07. The molecule has 0 saturated heterocycles. The zero-order valence-corrected chi connectivity index (χ0v) is 16.9. The lowest BCUT2D eigenvalue weighted by molar-refractivity contribution is 0.304. The third-order valence-electron chi connectivity index (χ3n) is 4.80. The molecule has 146 valence electrons. The van der Waals surface area contributed by atoms with Gasteiger partial charge in [-0.15, -0.1) is 0 Å². The third-order valence-corrected chi connectivity index (χ3v) is 4.80. The summed E-state index contributed by atoms with van der Waals surface area (Å²) in [6, 6.07) is 12.3. The molecule has 0 bridgehead atoms. The van der Waals surface area contributed by atoms with Crippen LogP contribution in [0, 0.1) is 0 Å². The molecule has 27 heavy (non-hydrogen) atoms. The predicted octanol–water partition coefficient (Wildman–Crippen LogP) is 7.55. The van der Waals surface area contributed by atoms with Crippen LogP contribution in [-0.4, -0.2) is 11.6 Å². The summed E-state index contributed by atoms with van der Waals surface area (Å²) in [5.74, 6) is 0.961. The summed E-state index contributed by atoms with van der Waals surface area (Å²) in [7, 11) is 0. The minimum atomic E-state index is 0.814. The second-order valence-corrected chi connectivity index (χ2v) is 7.22. The molecule has 0 atom stereocenters. The van der Waals surface area contributed by atoms with Gasteiger partial charge in [0.15, 0.2) is 0 Å². The summed E-state index contributed by atoms with van der Waals surface area (Å²) in [6.45, 7) is 3.09. The quantitative estimate of drug-likeness (QED) is 0.322. The van der Waals surface area contributed by atoms with Gasteiger partial charge in [0.1, 0.15) is 5.75 Å². The van der Waals surface area contributed by atoms with Crippen molar-refractivity contribution in [1.82, 2.24) is 4.98 Å². The molecule has 0 saturated carbocycles. The van der Waals surface area contributed by atoms with Crippen molar-refractivity contribution in [1.29, 1.82) is 0 Å². The SMILES string of the molecule is CCCCCCCCCCCCOc1cccc(/C=C/c2ccncc2)c1. The Bertz CT molecular complexity index is 636. The molecule has 1 aromatic heterocycles. The molecule has 2 rings (SSSR count). The van der Waals surface area contributed by atoms with E-state index < -0.39 is 0 Å². The van der Waals surface area contributed by atoms with E-state index in [1.807, 2.05) is 30.6 Å². The molecule has 0 radical (unpaired) electrons. The molecule has 0 aliphatic carbocycles. The number of hydrogen-bond donors (Lipinski definition) is 0. The van der Waals surface area contributed by atoms with Crippen molar-refractivity contribution in [2.24, 2.45) is 0 Å². The smallest absolute Gasteiger partial charge is 0.119 e. The molecular formula is C25H35NO. The van der Waals surface area contributed by atoms with Crippen LogP contribution in [0.25, 0.3) is 12.2 Å². The van der Waals surface area contributed by atoms with Crippen LogP contribution in [0.4, 0.5) is 0 Å². The number of hydrogen-bond acceptors (Lipinski definition) is 2. The van der Waals surface area contributed by atoms with E-state index in [4.69, 9.17) is 4.74 Å². The summed E-state index contributed by atoms with van der Waals surface area (Å²) in [5.41, 5.74) is 2.31. The molecule has 2 heteroatoms. The number of aromatic nitrogens is 1. The number of nitrogens with zero attached hydrogens (tertiary/aromatic N) is 1. The predicted molar refractivity (Wildman–Crippen MR) is 117 cm³/mol. The average molecular weight is 366 g/mol. The number of unbranched alkanes of at least 4 members (excludes halogenated alkanes) is 9. The maximum Gasteiger partial charge on any atom is 0.119 e. The molecule has 2 aromatic rings. The van der Waals surface area contributed by atoms with Crippen molar-refractivity contribution in [2.45, 2.75) is 71.1 Å². The van der Waals surface area contributed by atoms with E-state index in [2.05, 4.69) is 42.3 Å². The van der Waals surface area contributed by atoms with Crippen molar-refractivity contribution in [3.63, 3.8) is 0 Å². The Balaban J connectivity index is 1.57. The largest absolute Gasteiger partial charge is 0.494 e. The summed E-state index contributed by atoms with van der Waals surface area (Å²) in [4.78, 5) is 4.04. The Morgan fingerprint density at radius 3 is 2.07 bits per heavy atom. The number of pyridine rings is 1. The van der Waals surface area contributed by atoms with Crippen LogP contribution in [0.3, 0.4) is 0 Å². The van der Waals surface area contributed by atoms with Gasteiger partial charge in [-0.3, -0.25) is 4.98 Å². The van der Waals surface area contributed by atoms with Crippen LogP contribution in [0.5, 0.6) is 5.75 Å². The Morgan fingerprint density at radius 2 is 1.37 bits per heavy atom. The van der Waals surface area contributed by atoms with Crippen LogP contribution in [0.15, 0.2) is 48.8 Å². The second-order valence-electron chi connectivity index (χ2n) is 7.22. The van der Waals surface area contributed by atoms with Gasteiger partial charge < -0.3 is 4.74 Å². The monoisotopic (exact) mass is 365 g/mol. The van der Waals surface area contributed by atoms with Gasteiger partial charge in [0, 0.05) is 12.4 Å². The van der Waals surface area contributed by atoms with Gasteiger partial charge in [-0.05, 0) is 41.8 Å². The first-order valence-electron chi connectivity index (χ1n) is 10.7. The van der Waals surface area contributed by atoms with Gasteiger partial charge in [-0.25, -0.2) is 0 Å². The van der Waals surface area contributed by atoms with Gasteiger partial charge in [0.05, 0.1) is 6.61 Å². The maximum atomic E-state index is 5.93. The van der Waals surface area contributed by atoms with Crippen molar-refractivity contribution < 1.29 is 4.74 Å². The first-order valence-corrected chi connectivity index (χ1v) is 10.7. The van der Waals surface area contributed by atoms with Gasteiger partial charge in [-0.1, -0.05) is 89.0 Å². The number of rotatable bonds is 14. The molecule has 0 aliphatic heterocycles. The normalized spacial score (nSPS) is 11.1. The van der Waals surface area contributed by atoms with Crippen LogP contribution in [-0.2, 0) is 0 Å². The molecule has 0 spiro atoms. The minimum Gasteiger partial charge on any atom is -0.494 e. The molecule has 1 heterocycles. The van der Waals surface area contributed by atoms with E-state index >= 15 is 0 Å². The van der Waals surface area contributed by atoms with Crippen molar-refractivity contribution in [3.05, 3.63) is 59.9 Å². The zero-order chi connectivity index (χ0) is 19.0. The molecule has 0 unspecified atom stereocenters. The first kappa shape index (κ1) is 21.2. The van der Waals surface area contributed by atoms with Gasteiger partial charge in [0.25, 0.3) is 0 Å². The van der Waals surface area contributed by atoms with Gasteiger partial charge in [0.2, 0.25) is 0 Å². The van der Waals surface area contributed by atoms with E-state index in [-0.39, 0.29) is 0 Å². The molecule has 0 amide bonds. The highest BCUT2D eigenvalue weighted by Crippen LogP contribution is 2.17. The fourth-order valence-corrected chi connectivity index (χ4v) is 3.15. The topological polar surface area (TPSA) is 22.1 Å². The third kappa shape index (κ3) is 9.98. The highest BCUT2D eigenvalue weighted by Gasteiger charge is 1.97. The Kier molecular flexibility index (Phi) is 11.0. The van der Waals surface area contributed by atoms with Crippen molar-refractivity contribution >= 4 is 12.2 Å². The molecular weight excluding hydrogens is 330 g/mol. The van der Waals surface area contributed by atoms with Crippen LogP contribution >= 0.6 is 0 Å². The molecule has 2 nitrogen and oxygen atoms in total. The van der Waals surface area contributed by atoms with Crippen molar-refractivity contribution in [2.75, 3.05) is 6.61 Å². The molecule has 0 N–H and O–H groups in total.